The molecule has 0 aliphatic heterocycles. The largest absolute Gasteiger partial charge is 0.469 e. The molecule has 0 aromatic heterocycles. The number of esters is 1. The van der Waals surface area contributed by atoms with E-state index < -0.39 is 28.4 Å². The number of rotatable bonds is 7. The van der Waals surface area contributed by atoms with Gasteiger partial charge in [0.15, 0.2) is 0 Å². The Balaban J connectivity index is 1.31. The van der Waals surface area contributed by atoms with E-state index in [4.69, 9.17) is 8.92 Å². The normalized spacial score (nSPS) is 41.9. The van der Waals surface area contributed by atoms with E-state index in [0.29, 0.717) is 38.0 Å². The fourth-order valence-corrected chi connectivity index (χ4v) is 10.9. The van der Waals surface area contributed by atoms with E-state index in [2.05, 4.69) is 20.8 Å². The van der Waals surface area contributed by atoms with Crippen LogP contribution in [-0.2, 0) is 23.8 Å². The van der Waals surface area contributed by atoms with Crippen molar-refractivity contribution in [2.75, 3.05) is 7.11 Å². The van der Waals surface area contributed by atoms with Gasteiger partial charge in [-0.15, -0.1) is 0 Å². The summed E-state index contributed by atoms with van der Waals surface area (Å²) in [5.74, 6) is 1.08. The summed E-state index contributed by atoms with van der Waals surface area (Å²) in [6, 6.07) is 6.75. The molecule has 4 saturated carbocycles. The Labute approximate surface area is 240 Å². The van der Waals surface area contributed by atoms with E-state index in [1.54, 1.807) is 24.3 Å². The zero-order valence-electron chi connectivity index (χ0n) is 24.7. The number of fused-ring (bicyclic) bond motifs is 5. The maximum atomic E-state index is 13.0. The predicted octanol–water partition coefficient (Wildman–Crippen LogP) is 5.26. The molecule has 4 aliphatic rings. The molecule has 0 spiro atoms. The van der Waals surface area contributed by atoms with Crippen LogP contribution in [0.4, 0.5) is 0 Å². The van der Waals surface area contributed by atoms with Crippen LogP contribution >= 0.6 is 0 Å². The Morgan fingerprint density at radius 1 is 1.05 bits per heavy atom. The summed E-state index contributed by atoms with van der Waals surface area (Å²) < 4.78 is 36.6. The third-order valence-corrected chi connectivity index (χ3v) is 13.5. The van der Waals surface area contributed by atoms with Gasteiger partial charge in [-0.2, -0.15) is 8.42 Å². The number of aliphatic hydroxyl groups is 2. The molecule has 11 atom stereocenters. The Morgan fingerprint density at radius 2 is 1.75 bits per heavy atom. The standard InChI is InChI=1S/C32H48O7S/c1-19-6-9-23(10-7-19)40(36,37)39-22-14-15-31(3)21(16-22)17-27(33)30-25-12-11-24(20(2)8-13-29(35)38-5)32(25,4)28(34)18-26(30)31/h6-7,9-10,20-22,24-28,30,33-34H,8,11-18H2,1-5H3/t20-,21?,22+,24-,25+,26+,27-,28+,30+,31+,32-/m1/s1. The van der Waals surface area contributed by atoms with Gasteiger partial charge in [0.25, 0.3) is 10.1 Å². The quantitative estimate of drug-likeness (QED) is 0.337. The average molecular weight is 577 g/mol. The molecule has 0 radical (unpaired) electrons. The van der Waals surface area contributed by atoms with Gasteiger partial charge in [-0.05, 0) is 117 Å². The summed E-state index contributed by atoms with van der Waals surface area (Å²) in [6.07, 6.45) is 5.18. The maximum Gasteiger partial charge on any atom is 0.305 e. The predicted molar refractivity (Wildman–Crippen MR) is 152 cm³/mol. The lowest BCUT2D eigenvalue weighted by atomic mass is 9.43. The van der Waals surface area contributed by atoms with Crippen molar-refractivity contribution in [2.24, 2.45) is 46.3 Å². The molecule has 7 nitrogen and oxygen atoms in total. The molecule has 4 fully saturated rings. The van der Waals surface area contributed by atoms with E-state index >= 15 is 0 Å². The van der Waals surface area contributed by atoms with Gasteiger partial charge in [0.2, 0.25) is 0 Å². The van der Waals surface area contributed by atoms with Gasteiger partial charge in [-0.1, -0.05) is 38.5 Å². The molecular formula is C32H48O7S. The lowest BCUT2D eigenvalue weighted by molar-refractivity contribution is -0.206. The molecule has 0 bridgehead atoms. The highest BCUT2D eigenvalue weighted by Crippen LogP contribution is 2.68. The first kappa shape index (κ1) is 30.0. The lowest BCUT2D eigenvalue weighted by Gasteiger charge is -2.63. The Kier molecular flexibility index (Phi) is 8.23. The highest BCUT2D eigenvalue weighted by atomic mass is 32.2. The maximum absolute atomic E-state index is 13.0. The highest BCUT2D eigenvalue weighted by molar-refractivity contribution is 7.86. The molecule has 224 valence electrons. The van der Waals surface area contributed by atoms with E-state index in [-0.39, 0.29) is 51.3 Å². The van der Waals surface area contributed by atoms with Gasteiger partial charge in [0, 0.05) is 6.42 Å². The molecule has 5 rings (SSSR count). The molecule has 40 heavy (non-hydrogen) atoms. The van der Waals surface area contributed by atoms with Crippen LogP contribution in [0.3, 0.4) is 0 Å². The van der Waals surface area contributed by atoms with E-state index in [1.165, 1.54) is 7.11 Å². The van der Waals surface area contributed by atoms with Gasteiger partial charge in [-0.25, -0.2) is 0 Å². The second-order valence-corrected chi connectivity index (χ2v) is 15.5. The van der Waals surface area contributed by atoms with Crippen LogP contribution in [0, 0.1) is 53.3 Å². The summed E-state index contributed by atoms with van der Waals surface area (Å²) in [6.45, 7) is 8.66. The third kappa shape index (κ3) is 5.05. The van der Waals surface area contributed by atoms with Crippen molar-refractivity contribution in [1.29, 1.82) is 0 Å². The molecule has 2 N–H and O–H groups in total. The third-order valence-electron chi connectivity index (χ3n) is 12.1. The van der Waals surface area contributed by atoms with Crippen molar-refractivity contribution < 1.29 is 32.3 Å². The number of aliphatic hydroxyl groups excluding tert-OH is 2. The zero-order chi connectivity index (χ0) is 29.0. The number of hydrogen-bond donors (Lipinski definition) is 2. The molecular weight excluding hydrogens is 528 g/mol. The fraction of sp³-hybridized carbons (Fsp3) is 0.781. The van der Waals surface area contributed by atoms with Crippen molar-refractivity contribution in [3.63, 3.8) is 0 Å². The average Bonchev–Trinajstić information content (AvgIpc) is 3.27. The van der Waals surface area contributed by atoms with Crippen LogP contribution in [0.15, 0.2) is 29.2 Å². The van der Waals surface area contributed by atoms with Crippen LogP contribution in [0.2, 0.25) is 0 Å². The van der Waals surface area contributed by atoms with Crippen molar-refractivity contribution in [3.05, 3.63) is 29.8 Å². The van der Waals surface area contributed by atoms with Crippen LogP contribution in [0.1, 0.15) is 84.1 Å². The molecule has 8 heteroatoms. The second kappa shape index (κ2) is 11.0. The number of carbonyl (C=O) groups excluding carboxylic acids is 1. The SMILES string of the molecule is COC(=O)CC[C@@H](C)[C@H]1CC[C@H]2[C@@H]3[C@H](O)CC4C[C@@H](OS(=O)(=O)c5ccc(C)cc5)CC[C@]4(C)[C@H]3C[C@H](O)[C@]12C. The fourth-order valence-electron chi connectivity index (χ4n) is 9.79. The zero-order valence-corrected chi connectivity index (χ0v) is 25.5. The summed E-state index contributed by atoms with van der Waals surface area (Å²) in [5.41, 5.74) is 0.630. The van der Waals surface area contributed by atoms with E-state index in [9.17, 15) is 23.4 Å². The van der Waals surface area contributed by atoms with Crippen molar-refractivity contribution in [3.8, 4) is 0 Å². The Bertz CT molecular complexity index is 1180. The molecule has 4 aliphatic carbocycles. The van der Waals surface area contributed by atoms with Crippen LogP contribution < -0.4 is 0 Å². The lowest BCUT2D eigenvalue weighted by Crippen LogP contribution is -2.62. The van der Waals surface area contributed by atoms with E-state index in [1.807, 2.05) is 6.92 Å². The molecule has 0 saturated heterocycles. The number of benzene rings is 1. The summed E-state index contributed by atoms with van der Waals surface area (Å²) in [5, 5.41) is 23.4. The molecule has 0 amide bonds. The number of carbonyl (C=O) groups is 1. The summed E-state index contributed by atoms with van der Waals surface area (Å²) in [7, 11) is -2.44. The Hall–Kier alpha value is -1.48. The number of hydrogen-bond acceptors (Lipinski definition) is 7. The van der Waals surface area contributed by atoms with Crippen LogP contribution in [-0.4, -0.2) is 50.0 Å². The van der Waals surface area contributed by atoms with Gasteiger partial charge in [0.05, 0.1) is 30.3 Å². The number of methoxy groups -OCH3 is 1. The number of ether oxygens (including phenoxy) is 1. The second-order valence-electron chi connectivity index (χ2n) is 13.9. The molecule has 0 heterocycles. The van der Waals surface area contributed by atoms with Gasteiger partial charge < -0.3 is 14.9 Å². The molecule has 1 aromatic carbocycles. The summed E-state index contributed by atoms with van der Waals surface area (Å²) >= 11 is 0. The topological polar surface area (TPSA) is 110 Å². The van der Waals surface area contributed by atoms with Gasteiger partial charge >= 0.3 is 5.97 Å². The summed E-state index contributed by atoms with van der Waals surface area (Å²) in [4.78, 5) is 12.0. The minimum absolute atomic E-state index is 0.0751. The first-order valence-electron chi connectivity index (χ1n) is 15.2. The Morgan fingerprint density at radius 3 is 2.42 bits per heavy atom. The van der Waals surface area contributed by atoms with Crippen molar-refractivity contribution in [1.82, 2.24) is 0 Å². The van der Waals surface area contributed by atoms with Gasteiger partial charge in [0.1, 0.15) is 0 Å². The smallest absolute Gasteiger partial charge is 0.305 e. The van der Waals surface area contributed by atoms with Crippen molar-refractivity contribution in [2.45, 2.75) is 109 Å². The first-order valence-corrected chi connectivity index (χ1v) is 16.6. The molecule has 1 unspecified atom stereocenters. The van der Waals surface area contributed by atoms with Crippen LogP contribution in [0.5, 0.6) is 0 Å². The monoisotopic (exact) mass is 576 g/mol. The van der Waals surface area contributed by atoms with E-state index in [0.717, 1.165) is 31.2 Å². The van der Waals surface area contributed by atoms with Gasteiger partial charge in [-0.3, -0.25) is 8.98 Å². The first-order chi connectivity index (χ1) is 18.8. The highest BCUT2D eigenvalue weighted by Gasteiger charge is 2.65. The minimum Gasteiger partial charge on any atom is -0.469 e. The van der Waals surface area contributed by atoms with Crippen molar-refractivity contribution >= 4 is 16.1 Å². The minimum atomic E-state index is -3.86. The molecule has 1 aromatic rings. The number of aryl methyl sites for hydroxylation is 1. The van der Waals surface area contributed by atoms with Crippen LogP contribution in [0.25, 0.3) is 0 Å².